The first kappa shape index (κ1) is 12.1. The number of H-pyrrole nitrogens is 1. The minimum atomic E-state index is 0.783. The van der Waals surface area contributed by atoms with Crippen LogP contribution in [0.4, 0.5) is 0 Å². The van der Waals surface area contributed by atoms with Gasteiger partial charge in [-0.05, 0) is 37.2 Å². The van der Waals surface area contributed by atoms with E-state index >= 15 is 0 Å². The smallest absolute Gasteiger partial charge is 0.177 e. The highest BCUT2D eigenvalue weighted by molar-refractivity contribution is 7.71. The molecule has 2 aromatic heterocycles. The predicted octanol–water partition coefficient (Wildman–Crippen LogP) is 3.65. The van der Waals surface area contributed by atoms with Crippen LogP contribution in [0.5, 0.6) is 0 Å². The molecular weight excluding hydrogens is 254 g/mol. The summed E-state index contributed by atoms with van der Waals surface area (Å²) in [5, 5.41) is 1.19. The van der Waals surface area contributed by atoms with Crippen molar-refractivity contribution in [3.63, 3.8) is 0 Å². The molecule has 0 aliphatic carbocycles. The number of aryl methyl sites for hydroxylation is 3. The zero-order valence-electron chi connectivity index (χ0n) is 10.8. The molecule has 1 aromatic carbocycles. The number of fused-ring (bicyclic) bond motifs is 1. The molecule has 0 saturated heterocycles. The van der Waals surface area contributed by atoms with Gasteiger partial charge in [0, 0.05) is 30.0 Å². The molecular formula is C15H15N3S. The predicted molar refractivity (Wildman–Crippen MR) is 79.8 cm³/mol. The van der Waals surface area contributed by atoms with Gasteiger partial charge in [-0.3, -0.25) is 4.98 Å². The third-order valence-electron chi connectivity index (χ3n) is 3.25. The Balaban J connectivity index is 1.90. The number of imidazole rings is 1. The maximum Gasteiger partial charge on any atom is 0.177 e. The van der Waals surface area contributed by atoms with E-state index in [9.17, 15) is 0 Å². The summed E-state index contributed by atoms with van der Waals surface area (Å²) < 4.78 is 2.86. The molecule has 3 aromatic rings. The van der Waals surface area contributed by atoms with Gasteiger partial charge in [0.2, 0.25) is 0 Å². The second-order valence-electron chi connectivity index (χ2n) is 4.68. The Morgan fingerprint density at radius 3 is 2.89 bits per heavy atom. The molecule has 4 heteroatoms. The number of aromatic nitrogens is 3. The van der Waals surface area contributed by atoms with Gasteiger partial charge in [0.1, 0.15) is 0 Å². The Kier molecular flexibility index (Phi) is 3.17. The molecule has 3 nitrogen and oxygen atoms in total. The number of nitrogens with one attached hydrogen (secondary N) is 1. The lowest BCUT2D eigenvalue weighted by Crippen LogP contribution is -2.01. The lowest BCUT2D eigenvalue weighted by atomic mass is 10.1. The van der Waals surface area contributed by atoms with Gasteiger partial charge in [0.25, 0.3) is 0 Å². The second-order valence-corrected chi connectivity index (χ2v) is 5.06. The number of aromatic amines is 1. The Morgan fingerprint density at radius 1 is 1.26 bits per heavy atom. The van der Waals surface area contributed by atoms with Gasteiger partial charge < -0.3 is 9.55 Å². The van der Waals surface area contributed by atoms with Crippen molar-refractivity contribution in [1.82, 2.24) is 14.5 Å². The molecule has 0 spiro atoms. The van der Waals surface area contributed by atoms with Crippen LogP contribution in [-0.2, 0) is 13.0 Å². The fraction of sp³-hybridized carbons (Fsp3) is 0.200. The van der Waals surface area contributed by atoms with Crippen LogP contribution in [0.1, 0.15) is 11.3 Å². The van der Waals surface area contributed by atoms with Crippen LogP contribution in [0.3, 0.4) is 0 Å². The minimum absolute atomic E-state index is 0.783. The fourth-order valence-corrected chi connectivity index (χ4v) is 2.65. The van der Waals surface area contributed by atoms with Crippen LogP contribution in [0.25, 0.3) is 10.9 Å². The van der Waals surface area contributed by atoms with Gasteiger partial charge in [-0.25, -0.2) is 0 Å². The van der Waals surface area contributed by atoms with Gasteiger partial charge in [0.05, 0.1) is 5.52 Å². The van der Waals surface area contributed by atoms with Gasteiger partial charge >= 0.3 is 0 Å². The van der Waals surface area contributed by atoms with Crippen molar-refractivity contribution in [3.05, 3.63) is 58.8 Å². The van der Waals surface area contributed by atoms with E-state index < -0.39 is 0 Å². The number of hydrogen-bond acceptors (Lipinski definition) is 2. The molecule has 0 radical (unpaired) electrons. The molecule has 0 unspecified atom stereocenters. The van der Waals surface area contributed by atoms with Crippen LogP contribution in [0.15, 0.2) is 42.7 Å². The second kappa shape index (κ2) is 4.97. The summed E-state index contributed by atoms with van der Waals surface area (Å²) in [5.74, 6) is 0. The van der Waals surface area contributed by atoms with Crippen molar-refractivity contribution in [3.8, 4) is 0 Å². The Morgan fingerprint density at radius 2 is 2.11 bits per heavy atom. The summed E-state index contributed by atoms with van der Waals surface area (Å²) in [6.07, 6.45) is 4.83. The van der Waals surface area contributed by atoms with Crippen LogP contribution in [-0.4, -0.2) is 14.5 Å². The fourth-order valence-electron chi connectivity index (χ4n) is 2.34. The Labute approximate surface area is 116 Å². The van der Waals surface area contributed by atoms with Crippen LogP contribution < -0.4 is 0 Å². The van der Waals surface area contributed by atoms with E-state index in [1.165, 1.54) is 10.9 Å². The molecule has 0 aliphatic rings. The van der Waals surface area contributed by atoms with E-state index in [0.717, 1.165) is 28.9 Å². The van der Waals surface area contributed by atoms with E-state index in [0.29, 0.717) is 0 Å². The van der Waals surface area contributed by atoms with Gasteiger partial charge in [-0.2, -0.15) is 0 Å². The summed E-state index contributed by atoms with van der Waals surface area (Å²) in [6, 6.07) is 10.4. The quantitative estimate of drug-likeness (QED) is 0.736. The number of pyridine rings is 1. The SMILES string of the molecule is Cc1cn(CCc2cccc3cccnc23)c(=S)[nH]1. The molecule has 0 aliphatic heterocycles. The van der Waals surface area contributed by atoms with Crippen LogP contribution >= 0.6 is 12.2 Å². The Hall–Kier alpha value is -1.94. The monoisotopic (exact) mass is 269 g/mol. The van der Waals surface area contributed by atoms with E-state index in [2.05, 4.69) is 45.0 Å². The van der Waals surface area contributed by atoms with Crippen LogP contribution in [0.2, 0.25) is 0 Å². The topological polar surface area (TPSA) is 33.6 Å². The Bertz CT molecular complexity index is 765. The van der Waals surface area contributed by atoms with E-state index in [4.69, 9.17) is 12.2 Å². The normalized spacial score (nSPS) is 11.0. The summed E-state index contributed by atoms with van der Waals surface area (Å²) in [7, 11) is 0. The van der Waals surface area contributed by atoms with Crippen molar-refractivity contribution >= 4 is 23.1 Å². The average Bonchev–Trinajstić information content (AvgIpc) is 2.74. The first-order valence-electron chi connectivity index (χ1n) is 6.33. The molecule has 0 bridgehead atoms. The molecule has 2 heterocycles. The molecule has 1 N–H and O–H groups in total. The van der Waals surface area contributed by atoms with E-state index in [1.54, 1.807) is 0 Å². The van der Waals surface area contributed by atoms with Gasteiger partial charge in [-0.15, -0.1) is 0 Å². The molecule has 0 amide bonds. The van der Waals surface area contributed by atoms with E-state index in [1.807, 2.05) is 19.2 Å². The average molecular weight is 269 g/mol. The van der Waals surface area contributed by atoms with E-state index in [-0.39, 0.29) is 0 Å². The number of rotatable bonds is 3. The lowest BCUT2D eigenvalue weighted by molar-refractivity contribution is 0.688. The largest absolute Gasteiger partial charge is 0.335 e. The summed E-state index contributed by atoms with van der Waals surface area (Å²) >= 11 is 5.28. The number of hydrogen-bond donors (Lipinski definition) is 1. The summed E-state index contributed by atoms with van der Waals surface area (Å²) in [4.78, 5) is 7.62. The lowest BCUT2D eigenvalue weighted by Gasteiger charge is -2.06. The number of nitrogens with zero attached hydrogens (tertiary/aromatic N) is 2. The van der Waals surface area contributed by atoms with Gasteiger partial charge in [-0.1, -0.05) is 24.3 Å². The summed E-state index contributed by atoms with van der Waals surface area (Å²) in [5.41, 5.74) is 3.45. The third-order valence-corrected chi connectivity index (χ3v) is 3.59. The molecule has 3 rings (SSSR count). The molecule has 0 saturated carbocycles. The zero-order valence-corrected chi connectivity index (χ0v) is 11.6. The first-order chi connectivity index (χ1) is 9.24. The highest BCUT2D eigenvalue weighted by atomic mass is 32.1. The van der Waals surface area contributed by atoms with Crippen LogP contribution in [0, 0.1) is 11.7 Å². The molecule has 0 atom stereocenters. The minimum Gasteiger partial charge on any atom is -0.335 e. The van der Waals surface area contributed by atoms with Crippen molar-refractivity contribution in [2.24, 2.45) is 0 Å². The molecule has 19 heavy (non-hydrogen) atoms. The highest BCUT2D eigenvalue weighted by Crippen LogP contribution is 2.17. The van der Waals surface area contributed by atoms with Crippen molar-refractivity contribution in [2.45, 2.75) is 19.9 Å². The standard InChI is InChI=1S/C15H15N3S/c1-11-10-18(15(19)17-11)9-7-13-5-2-4-12-6-3-8-16-14(12)13/h2-6,8,10H,7,9H2,1H3,(H,17,19). The maximum atomic E-state index is 5.28. The van der Waals surface area contributed by atoms with Crippen molar-refractivity contribution in [1.29, 1.82) is 0 Å². The zero-order chi connectivity index (χ0) is 13.2. The van der Waals surface area contributed by atoms with Crippen molar-refractivity contribution < 1.29 is 0 Å². The molecule has 0 fully saturated rings. The summed E-state index contributed by atoms with van der Waals surface area (Å²) in [6.45, 7) is 2.89. The molecule has 96 valence electrons. The number of benzene rings is 1. The first-order valence-corrected chi connectivity index (χ1v) is 6.73. The maximum absolute atomic E-state index is 5.28. The van der Waals surface area contributed by atoms with Gasteiger partial charge in [0.15, 0.2) is 4.77 Å². The van der Waals surface area contributed by atoms with Crippen molar-refractivity contribution in [2.75, 3.05) is 0 Å². The highest BCUT2D eigenvalue weighted by Gasteiger charge is 2.03. The third kappa shape index (κ3) is 2.44. The number of para-hydroxylation sites is 1.